The Balaban J connectivity index is 1.65. The second-order valence-corrected chi connectivity index (χ2v) is 16.5. The predicted octanol–water partition coefficient (Wildman–Crippen LogP) is 5.10. The first-order valence-corrected chi connectivity index (χ1v) is 20.9. The molecule has 1 saturated heterocycles. The molecule has 0 radical (unpaired) electrons. The van der Waals surface area contributed by atoms with Crippen LogP contribution in [0.3, 0.4) is 0 Å². The van der Waals surface area contributed by atoms with Crippen LogP contribution in [0.5, 0.6) is 0 Å². The molecule has 330 valence electrons. The van der Waals surface area contributed by atoms with Gasteiger partial charge in [0.05, 0.1) is 19.3 Å². The van der Waals surface area contributed by atoms with Gasteiger partial charge in [-0.25, -0.2) is 14.0 Å². The lowest BCUT2D eigenvalue weighted by Gasteiger charge is -2.32. The lowest BCUT2D eigenvalue weighted by atomic mass is 9.88. The molecule has 3 aromatic carbocycles. The maximum absolute atomic E-state index is 14.6. The van der Waals surface area contributed by atoms with E-state index in [0.717, 1.165) is 5.56 Å². The Morgan fingerprint density at radius 1 is 0.754 bits per heavy atom. The Kier molecular flexibility index (Phi) is 18.5. The first kappa shape index (κ1) is 48.1. The summed E-state index contributed by atoms with van der Waals surface area (Å²) < 4.78 is 30.8. The van der Waals surface area contributed by atoms with Crippen molar-refractivity contribution in [3.8, 4) is 0 Å². The molecule has 0 aliphatic carbocycles. The van der Waals surface area contributed by atoms with Crippen LogP contribution in [0, 0.1) is 17.7 Å². The van der Waals surface area contributed by atoms with Crippen LogP contribution >= 0.6 is 11.6 Å². The highest BCUT2D eigenvalue weighted by Gasteiger charge is 2.36. The Hall–Kier alpha value is -5.54. The summed E-state index contributed by atoms with van der Waals surface area (Å²) in [5, 5.41) is 10.9. The number of nitrogens with one attached hydrogen (secondary N) is 4. The molecule has 4 N–H and O–H groups in total. The van der Waals surface area contributed by atoms with E-state index in [-0.39, 0.29) is 25.7 Å². The van der Waals surface area contributed by atoms with Gasteiger partial charge in [0.2, 0.25) is 11.8 Å². The van der Waals surface area contributed by atoms with E-state index in [1.54, 1.807) is 58.9 Å². The minimum Gasteiger partial charge on any atom is -0.459 e. The van der Waals surface area contributed by atoms with Gasteiger partial charge < -0.3 is 35.1 Å². The topological polar surface area (TPSA) is 181 Å². The number of imide groups is 1. The fourth-order valence-electron chi connectivity index (χ4n) is 6.73. The van der Waals surface area contributed by atoms with Crippen LogP contribution in [0.1, 0.15) is 57.7 Å². The molecule has 4 rings (SSSR count). The standard InChI is InChI=1S/C45H57ClFN5O9/c1-29(2)39(42(56)48-36(26-31-14-10-7-11-15-31)41(55)51-43(57)52-20-22-59-23-21-52)50-40(54)33(24-32-16-18-34(47)19-17-32)27-37(60-38(53)28-46)35(25-30-12-8-6-9-13-30)49-44(58)61-45(3,4)5/h6-19,29,33,35-37,39H,20-28H2,1-5H3,(H,48,56)(H,49,58)(H,50,54)(H,51,55,57). The lowest BCUT2D eigenvalue weighted by molar-refractivity contribution is -0.149. The van der Waals surface area contributed by atoms with Crippen molar-refractivity contribution >= 4 is 47.4 Å². The average Bonchev–Trinajstić information content (AvgIpc) is 3.22. The highest BCUT2D eigenvalue weighted by atomic mass is 35.5. The summed E-state index contributed by atoms with van der Waals surface area (Å²) >= 11 is 5.92. The number of rotatable bonds is 18. The maximum Gasteiger partial charge on any atom is 0.408 e. The number of urea groups is 1. The normalized spacial score (nSPS) is 15.3. The van der Waals surface area contributed by atoms with E-state index in [0.29, 0.717) is 37.4 Å². The summed E-state index contributed by atoms with van der Waals surface area (Å²) in [6, 6.07) is 19.7. The Labute approximate surface area is 361 Å². The monoisotopic (exact) mass is 865 g/mol. The Morgan fingerprint density at radius 2 is 1.33 bits per heavy atom. The van der Waals surface area contributed by atoms with Crippen LogP contribution in [-0.2, 0) is 52.7 Å². The molecule has 3 aromatic rings. The quantitative estimate of drug-likeness (QED) is 0.100. The first-order chi connectivity index (χ1) is 29.0. The second kappa shape index (κ2) is 23.5. The molecule has 0 spiro atoms. The van der Waals surface area contributed by atoms with Gasteiger partial charge in [-0.2, -0.15) is 0 Å². The summed E-state index contributed by atoms with van der Waals surface area (Å²) in [4.78, 5) is 83.0. The molecule has 0 saturated carbocycles. The molecule has 0 aromatic heterocycles. The number of benzene rings is 3. The van der Waals surface area contributed by atoms with Crippen LogP contribution in [0.4, 0.5) is 14.0 Å². The number of hydrogen-bond donors (Lipinski definition) is 4. The maximum atomic E-state index is 14.6. The highest BCUT2D eigenvalue weighted by molar-refractivity contribution is 6.26. The van der Waals surface area contributed by atoms with Crippen molar-refractivity contribution in [2.75, 3.05) is 32.2 Å². The Morgan fingerprint density at radius 3 is 1.89 bits per heavy atom. The van der Waals surface area contributed by atoms with E-state index in [9.17, 15) is 33.2 Å². The molecule has 6 amide bonds. The van der Waals surface area contributed by atoms with Crippen LogP contribution in [0.2, 0.25) is 0 Å². The highest BCUT2D eigenvalue weighted by Crippen LogP contribution is 2.23. The third-order valence-electron chi connectivity index (χ3n) is 9.82. The van der Waals surface area contributed by atoms with Gasteiger partial charge in [-0.1, -0.05) is 86.6 Å². The van der Waals surface area contributed by atoms with Crippen molar-refractivity contribution in [3.63, 3.8) is 0 Å². The number of halogens is 2. The summed E-state index contributed by atoms with van der Waals surface area (Å²) in [6.07, 6.45) is -1.88. The van der Waals surface area contributed by atoms with Gasteiger partial charge in [0.15, 0.2) is 0 Å². The first-order valence-electron chi connectivity index (χ1n) is 20.4. The van der Waals surface area contributed by atoms with E-state index in [4.69, 9.17) is 25.8 Å². The summed E-state index contributed by atoms with van der Waals surface area (Å²) in [6.45, 7) is 9.80. The van der Waals surface area contributed by atoms with E-state index in [2.05, 4.69) is 21.3 Å². The molecule has 5 atom stereocenters. The molecule has 5 unspecified atom stereocenters. The number of amides is 6. The van der Waals surface area contributed by atoms with E-state index in [1.807, 2.05) is 36.4 Å². The summed E-state index contributed by atoms with van der Waals surface area (Å²) in [5.41, 5.74) is 1.21. The largest absolute Gasteiger partial charge is 0.459 e. The number of nitrogens with zero attached hydrogens (tertiary/aromatic N) is 1. The number of alkyl carbamates (subject to hydrolysis) is 1. The third kappa shape index (κ3) is 16.4. The van der Waals surface area contributed by atoms with Gasteiger partial charge in [0.25, 0.3) is 5.91 Å². The van der Waals surface area contributed by atoms with Gasteiger partial charge in [-0.15, -0.1) is 11.6 Å². The zero-order valence-electron chi connectivity index (χ0n) is 35.3. The van der Waals surface area contributed by atoms with Crippen LogP contribution in [0.25, 0.3) is 0 Å². The summed E-state index contributed by atoms with van der Waals surface area (Å²) in [5.74, 6) is -5.36. The lowest BCUT2D eigenvalue weighted by Crippen LogP contribution is -2.58. The van der Waals surface area contributed by atoms with Crippen molar-refractivity contribution in [3.05, 3.63) is 107 Å². The fraction of sp³-hybridized carbons (Fsp3) is 0.467. The van der Waals surface area contributed by atoms with Crippen molar-refractivity contribution < 1.29 is 47.4 Å². The number of alkyl halides is 1. The zero-order valence-corrected chi connectivity index (χ0v) is 36.0. The van der Waals surface area contributed by atoms with Crippen LogP contribution in [-0.4, -0.2) is 103 Å². The van der Waals surface area contributed by atoms with E-state index >= 15 is 0 Å². The van der Waals surface area contributed by atoms with Gasteiger partial charge in [0, 0.05) is 25.4 Å². The molecular weight excluding hydrogens is 809 g/mol. The van der Waals surface area contributed by atoms with Crippen molar-refractivity contribution in [2.24, 2.45) is 11.8 Å². The van der Waals surface area contributed by atoms with Gasteiger partial charge in [-0.3, -0.25) is 24.5 Å². The minimum absolute atomic E-state index is 0.0145. The molecule has 16 heteroatoms. The number of morpholine rings is 1. The average molecular weight is 866 g/mol. The van der Waals surface area contributed by atoms with Gasteiger partial charge in [-0.05, 0) is 74.8 Å². The molecule has 61 heavy (non-hydrogen) atoms. The molecule has 1 fully saturated rings. The number of ether oxygens (including phenoxy) is 3. The number of carbonyl (C=O) groups is 6. The van der Waals surface area contributed by atoms with Crippen molar-refractivity contribution in [1.82, 2.24) is 26.2 Å². The smallest absolute Gasteiger partial charge is 0.408 e. The number of hydrogen-bond acceptors (Lipinski definition) is 9. The Bertz CT molecular complexity index is 1910. The third-order valence-corrected chi connectivity index (χ3v) is 10.0. The molecule has 1 aliphatic heterocycles. The summed E-state index contributed by atoms with van der Waals surface area (Å²) in [7, 11) is 0. The molecule has 1 aliphatic rings. The van der Waals surface area contributed by atoms with Gasteiger partial charge in [0.1, 0.15) is 35.5 Å². The minimum atomic E-state index is -1.20. The molecular formula is C45H57ClFN5O9. The van der Waals surface area contributed by atoms with Crippen LogP contribution < -0.4 is 21.3 Å². The fourth-order valence-corrected chi connectivity index (χ4v) is 6.79. The van der Waals surface area contributed by atoms with E-state index in [1.165, 1.54) is 29.2 Å². The van der Waals surface area contributed by atoms with Gasteiger partial charge >= 0.3 is 18.1 Å². The second-order valence-electron chi connectivity index (χ2n) is 16.2. The van der Waals surface area contributed by atoms with Crippen LogP contribution in [0.15, 0.2) is 84.9 Å². The van der Waals surface area contributed by atoms with Crippen molar-refractivity contribution in [1.29, 1.82) is 0 Å². The number of carbonyl (C=O) groups excluding carboxylic acids is 6. The SMILES string of the molecule is CC(C)C(NC(=O)C(Cc1ccc(F)cc1)CC(OC(=O)CCl)C(Cc1ccccc1)NC(=O)OC(C)(C)C)C(=O)NC(Cc1ccccc1)C(=O)NC(=O)N1CCOCC1. The molecule has 0 bridgehead atoms. The molecule has 14 nitrogen and oxygen atoms in total. The predicted molar refractivity (Wildman–Crippen MR) is 227 cm³/mol. The zero-order chi connectivity index (χ0) is 44.5. The van der Waals surface area contributed by atoms with Crippen molar-refractivity contribution in [2.45, 2.75) is 90.1 Å². The number of esters is 1. The molecule has 1 heterocycles. The van der Waals surface area contributed by atoms with E-state index < -0.39 is 89.2 Å².